The van der Waals surface area contributed by atoms with E-state index in [1.807, 2.05) is 12.1 Å². The molecule has 3 amide bonds. The van der Waals surface area contributed by atoms with E-state index in [9.17, 15) is 14.4 Å². The molecule has 2 aromatic rings. The summed E-state index contributed by atoms with van der Waals surface area (Å²) in [6.07, 6.45) is 0.873. The Morgan fingerprint density at radius 3 is 2.71 bits per heavy atom. The highest BCUT2D eigenvalue weighted by molar-refractivity contribution is 6.02. The second kappa shape index (κ2) is 5.20. The molecule has 1 aromatic heterocycles. The topological polar surface area (TPSA) is 88.6 Å². The van der Waals surface area contributed by atoms with Gasteiger partial charge in [-0.15, -0.1) is 5.06 Å². The van der Waals surface area contributed by atoms with E-state index in [1.165, 1.54) is 0 Å². The Hall–Kier alpha value is -2.96. The second-order valence-electron chi connectivity index (χ2n) is 4.50. The first-order chi connectivity index (χ1) is 10.1. The highest BCUT2D eigenvalue weighted by Gasteiger charge is 2.32. The van der Waals surface area contributed by atoms with Crippen molar-refractivity contribution in [2.75, 3.05) is 5.32 Å². The van der Waals surface area contributed by atoms with Gasteiger partial charge < -0.3 is 4.84 Å². The molecule has 1 N–H and O–H groups in total. The number of hydroxylamine groups is 2. The molecule has 0 bridgehead atoms. The van der Waals surface area contributed by atoms with Crippen molar-refractivity contribution in [1.29, 1.82) is 0 Å². The predicted octanol–water partition coefficient (Wildman–Crippen LogP) is 1.85. The van der Waals surface area contributed by atoms with Gasteiger partial charge in [-0.05, 0) is 18.2 Å². The molecule has 1 saturated heterocycles. The minimum Gasteiger partial charge on any atom is -0.311 e. The van der Waals surface area contributed by atoms with Crippen molar-refractivity contribution in [3.8, 4) is 0 Å². The van der Waals surface area contributed by atoms with Crippen LogP contribution in [0.3, 0.4) is 0 Å². The first-order valence-corrected chi connectivity index (χ1v) is 6.33. The van der Waals surface area contributed by atoms with Crippen LogP contribution in [0.5, 0.6) is 0 Å². The quantitative estimate of drug-likeness (QED) is 0.850. The SMILES string of the molecule is O=C(Nc1ccc2cccnc2c1)ON1C(=O)CCC1=O. The number of benzene rings is 1. The molecule has 1 fully saturated rings. The third-order valence-electron chi connectivity index (χ3n) is 3.03. The highest BCUT2D eigenvalue weighted by atomic mass is 16.7. The molecule has 0 radical (unpaired) electrons. The van der Waals surface area contributed by atoms with Crippen LogP contribution in [-0.2, 0) is 14.4 Å². The van der Waals surface area contributed by atoms with Crippen LogP contribution in [0, 0.1) is 0 Å². The number of anilines is 1. The van der Waals surface area contributed by atoms with Crippen LogP contribution in [0.15, 0.2) is 36.5 Å². The molecule has 0 aliphatic carbocycles. The summed E-state index contributed by atoms with van der Waals surface area (Å²) >= 11 is 0. The standard InChI is InChI=1S/C14H11N3O4/c18-12-5-6-13(19)17(12)21-14(20)16-10-4-3-9-2-1-7-15-11(9)8-10/h1-4,7-8H,5-6H2,(H,16,20). The van der Waals surface area contributed by atoms with E-state index < -0.39 is 17.9 Å². The zero-order valence-electron chi connectivity index (χ0n) is 10.9. The smallest absolute Gasteiger partial charge is 0.311 e. The molecule has 106 valence electrons. The summed E-state index contributed by atoms with van der Waals surface area (Å²) in [6.45, 7) is 0. The van der Waals surface area contributed by atoms with Gasteiger partial charge >= 0.3 is 6.09 Å². The Bertz CT molecular complexity index is 728. The van der Waals surface area contributed by atoms with Crippen molar-refractivity contribution in [3.05, 3.63) is 36.5 Å². The van der Waals surface area contributed by atoms with Gasteiger partial charge in [0.05, 0.1) is 5.52 Å². The van der Waals surface area contributed by atoms with E-state index in [2.05, 4.69) is 10.3 Å². The van der Waals surface area contributed by atoms with Crippen LogP contribution in [0.25, 0.3) is 10.9 Å². The van der Waals surface area contributed by atoms with E-state index in [-0.39, 0.29) is 12.8 Å². The van der Waals surface area contributed by atoms with Crippen molar-refractivity contribution in [1.82, 2.24) is 10.0 Å². The monoisotopic (exact) mass is 285 g/mol. The molecule has 1 aliphatic heterocycles. The number of rotatable bonds is 2. The third kappa shape index (κ3) is 2.66. The Labute approximate surface area is 119 Å². The molecule has 7 nitrogen and oxygen atoms in total. The Morgan fingerprint density at radius 1 is 1.19 bits per heavy atom. The van der Waals surface area contributed by atoms with E-state index in [1.54, 1.807) is 24.4 Å². The number of hydrogen-bond donors (Lipinski definition) is 1. The van der Waals surface area contributed by atoms with Gasteiger partial charge in [0.25, 0.3) is 11.8 Å². The summed E-state index contributed by atoms with van der Waals surface area (Å²) in [5.41, 5.74) is 1.17. The number of amides is 3. The van der Waals surface area contributed by atoms with Crippen molar-refractivity contribution in [2.45, 2.75) is 12.8 Å². The molecule has 0 saturated carbocycles. The maximum atomic E-state index is 11.7. The molecular weight excluding hydrogens is 274 g/mol. The van der Waals surface area contributed by atoms with E-state index in [4.69, 9.17) is 4.84 Å². The summed E-state index contributed by atoms with van der Waals surface area (Å²) in [5, 5.41) is 3.88. The lowest BCUT2D eigenvalue weighted by atomic mass is 10.2. The third-order valence-corrected chi connectivity index (χ3v) is 3.03. The summed E-state index contributed by atoms with van der Waals surface area (Å²) in [5.74, 6) is -1.04. The first kappa shape index (κ1) is 13.0. The molecule has 21 heavy (non-hydrogen) atoms. The lowest BCUT2D eigenvalue weighted by Gasteiger charge is -2.13. The minimum atomic E-state index is -0.895. The molecule has 7 heteroatoms. The predicted molar refractivity (Wildman–Crippen MR) is 72.9 cm³/mol. The van der Waals surface area contributed by atoms with E-state index in [0.717, 1.165) is 5.39 Å². The van der Waals surface area contributed by atoms with Crippen molar-refractivity contribution in [3.63, 3.8) is 0 Å². The minimum absolute atomic E-state index is 0.0615. The number of aromatic nitrogens is 1. The number of pyridine rings is 1. The van der Waals surface area contributed by atoms with Gasteiger partial charge in [0.1, 0.15) is 0 Å². The maximum Gasteiger partial charge on any atom is 0.436 e. The molecule has 0 spiro atoms. The lowest BCUT2D eigenvalue weighted by Crippen LogP contribution is -2.33. The van der Waals surface area contributed by atoms with Crippen molar-refractivity contribution < 1.29 is 19.2 Å². The zero-order valence-corrected chi connectivity index (χ0v) is 10.9. The Kier molecular flexibility index (Phi) is 3.23. The van der Waals surface area contributed by atoms with Gasteiger partial charge in [-0.2, -0.15) is 0 Å². The van der Waals surface area contributed by atoms with Gasteiger partial charge in [-0.1, -0.05) is 12.1 Å². The van der Waals surface area contributed by atoms with Crippen LogP contribution >= 0.6 is 0 Å². The normalized spacial score (nSPS) is 14.6. The number of imide groups is 1. The van der Waals surface area contributed by atoms with Crippen LogP contribution < -0.4 is 5.32 Å². The summed E-state index contributed by atoms with van der Waals surface area (Å²) in [4.78, 5) is 43.3. The maximum absolute atomic E-state index is 11.7. The Morgan fingerprint density at radius 2 is 1.95 bits per heavy atom. The van der Waals surface area contributed by atoms with Gasteiger partial charge in [-0.25, -0.2) is 4.79 Å². The van der Waals surface area contributed by atoms with Crippen LogP contribution in [0.4, 0.5) is 10.5 Å². The molecule has 1 aliphatic rings. The number of carbonyl (C=O) groups is 3. The van der Waals surface area contributed by atoms with E-state index in [0.29, 0.717) is 16.3 Å². The molecular formula is C14H11N3O4. The van der Waals surface area contributed by atoms with Crippen LogP contribution in [0.1, 0.15) is 12.8 Å². The molecule has 0 atom stereocenters. The summed E-state index contributed by atoms with van der Waals surface area (Å²) in [7, 11) is 0. The van der Waals surface area contributed by atoms with Gasteiger partial charge in [-0.3, -0.25) is 19.9 Å². The molecule has 0 unspecified atom stereocenters. The average Bonchev–Trinajstić information content (AvgIpc) is 2.79. The molecule has 3 rings (SSSR count). The molecule has 1 aromatic carbocycles. The fourth-order valence-electron chi connectivity index (χ4n) is 2.03. The van der Waals surface area contributed by atoms with Gasteiger partial charge in [0.15, 0.2) is 0 Å². The second-order valence-corrected chi connectivity index (χ2v) is 4.50. The highest BCUT2D eigenvalue weighted by Crippen LogP contribution is 2.18. The fraction of sp³-hybridized carbons (Fsp3) is 0.143. The number of fused-ring (bicyclic) bond motifs is 1. The average molecular weight is 285 g/mol. The molecule has 2 heterocycles. The fourth-order valence-corrected chi connectivity index (χ4v) is 2.03. The van der Waals surface area contributed by atoms with Crippen LogP contribution in [-0.4, -0.2) is 28.0 Å². The van der Waals surface area contributed by atoms with Gasteiger partial charge in [0, 0.05) is 30.1 Å². The largest absolute Gasteiger partial charge is 0.436 e. The number of nitrogens with zero attached hydrogens (tertiary/aromatic N) is 2. The number of nitrogens with one attached hydrogen (secondary N) is 1. The summed E-state index contributed by atoms with van der Waals surface area (Å²) < 4.78 is 0. The van der Waals surface area contributed by atoms with Crippen molar-refractivity contribution in [2.24, 2.45) is 0 Å². The van der Waals surface area contributed by atoms with Crippen LogP contribution in [0.2, 0.25) is 0 Å². The number of hydrogen-bond acceptors (Lipinski definition) is 5. The Balaban J connectivity index is 1.71. The zero-order chi connectivity index (χ0) is 14.8. The van der Waals surface area contributed by atoms with Crippen molar-refractivity contribution >= 4 is 34.5 Å². The summed E-state index contributed by atoms with van der Waals surface area (Å²) in [6, 6.07) is 8.85. The first-order valence-electron chi connectivity index (χ1n) is 6.33. The van der Waals surface area contributed by atoms with E-state index >= 15 is 0 Å². The number of carbonyl (C=O) groups excluding carboxylic acids is 3. The lowest BCUT2D eigenvalue weighted by molar-refractivity contribution is -0.170. The van der Waals surface area contributed by atoms with Gasteiger partial charge in [0.2, 0.25) is 0 Å².